The van der Waals surface area contributed by atoms with E-state index in [1.54, 1.807) is 11.3 Å². The van der Waals surface area contributed by atoms with Gasteiger partial charge in [0.25, 0.3) is 0 Å². The van der Waals surface area contributed by atoms with Crippen LogP contribution in [0.15, 0.2) is 18.2 Å². The maximum Gasteiger partial charge on any atom is 0.180 e. The van der Waals surface area contributed by atoms with Crippen LogP contribution < -0.4 is 5.73 Å². The van der Waals surface area contributed by atoms with Crippen molar-refractivity contribution in [2.75, 3.05) is 32.0 Å². The highest BCUT2D eigenvalue weighted by molar-refractivity contribution is 7.15. The van der Waals surface area contributed by atoms with Gasteiger partial charge in [-0.1, -0.05) is 12.1 Å². The molecule has 0 amide bonds. The van der Waals surface area contributed by atoms with Gasteiger partial charge >= 0.3 is 0 Å². The SMILES string of the molecule is Cc1ccc(-c2nc(N)sc2CN2CCOCC2)cc1C. The van der Waals surface area contributed by atoms with Crippen LogP contribution in [0.2, 0.25) is 0 Å². The van der Waals surface area contributed by atoms with E-state index in [-0.39, 0.29) is 0 Å². The molecule has 1 aliphatic heterocycles. The molecule has 0 atom stereocenters. The van der Waals surface area contributed by atoms with E-state index in [2.05, 4.69) is 41.9 Å². The van der Waals surface area contributed by atoms with Crippen LogP contribution in [-0.2, 0) is 11.3 Å². The largest absolute Gasteiger partial charge is 0.379 e. The normalized spacial score (nSPS) is 16.3. The van der Waals surface area contributed by atoms with Crippen molar-refractivity contribution in [2.24, 2.45) is 0 Å². The maximum absolute atomic E-state index is 5.95. The van der Waals surface area contributed by atoms with Crippen LogP contribution in [0.4, 0.5) is 5.13 Å². The average Bonchev–Trinajstić information content (AvgIpc) is 2.84. The van der Waals surface area contributed by atoms with E-state index in [1.807, 2.05) is 0 Å². The van der Waals surface area contributed by atoms with Gasteiger partial charge < -0.3 is 10.5 Å². The molecule has 5 heteroatoms. The van der Waals surface area contributed by atoms with E-state index < -0.39 is 0 Å². The van der Waals surface area contributed by atoms with Gasteiger partial charge in [-0.05, 0) is 31.0 Å². The highest BCUT2D eigenvalue weighted by atomic mass is 32.1. The fraction of sp³-hybridized carbons (Fsp3) is 0.438. The smallest absolute Gasteiger partial charge is 0.180 e. The number of nitrogens with two attached hydrogens (primary N) is 1. The van der Waals surface area contributed by atoms with Gasteiger partial charge in [-0.3, -0.25) is 4.90 Å². The third-order valence-corrected chi connectivity index (χ3v) is 4.83. The van der Waals surface area contributed by atoms with Crippen molar-refractivity contribution < 1.29 is 4.74 Å². The quantitative estimate of drug-likeness (QED) is 0.947. The van der Waals surface area contributed by atoms with Crippen LogP contribution in [0.25, 0.3) is 11.3 Å². The summed E-state index contributed by atoms with van der Waals surface area (Å²) in [6.07, 6.45) is 0. The lowest BCUT2D eigenvalue weighted by Crippen LogP contribution is -2.35. The molecule has 2 aromatic rings. The van der Waals surface area contributed by atoms with Gasteiger partial charge in [0.15, 0.2) is 5.13 Å². The Morgan fingerprint density at radius 1 is 1.24 bits per heavy atom. The molecule has 4 nitrogen and oxygen atoms in total. The minimum Gasteiger partial charge on any atom is -0.379 e. The Balaban J connectivity index is 1.89. The van der Waals surface area contributed by atoms with E-state index >= 15 is 0 Å². The number of aryl methyl sites for hydroxylation is 2. The van der Waals surface area contributed by atoms with Gasteiger partial charge in [-0.15, -0.1) is 11.3 Å². The van der Waals surface area contributed by atoms with Crippen molar-refractivity contribution in [2.45, 2.75) is 20.4 Å². The van der Waals surface area contributed by atoms with Crippen molar-refractivity contribution in [1.29, 1.82) is 0 Å². The summed E-state index contributed by atoms with van der Waals surface area (Å²) in [6.45, 7) is 8.74. The minimum atomic E-state index is 0.645. The Bertz CT molecular complexity index is 632. The number of benzene rings is 1. The number of thiazole rings is 1. The molecule has 1 aromatic carbocycles. The maximum atomic E-state index is 5.95. The molecule has 0 radical (unpaired) electrons. The van der Waals surface area contributed by atoms with Crippen LogP contribution in [0.5, 0.6) is 0 Å². The molecule has 2 N–H and O–H groups in total. The first-order valence-corrected chi connectivity index (χ1v) is 8.08. The molecular weight excluding hydrogens is 282 g/mol. The Morgan fingerprint density at radius 3 is 2.71 bits per heavy atom. The Hall–Kier alpha value is -1.43. The molecular formula is C16H21N3OS. The number of anilines is 1. The van der Waals surface area contributed by atoms with Crippen LogP contribution >= 0.6 is 11.3 Å². The zero-order chi connectivity index (χ0) is 14.8. The Morgan fingerprint density at radius 2 is 2.00 bits per heavy atom. The van der Waals surface area contributed by atoms with Gasteiger partial charge in [0.2, 0.25) is 0 Å². The van der Waals surface area contributed by atoms with E-state index in [4.69, 9.17) is 10.5 Å². The summed E-state index contributed by atoms with van der Waals surface area (Å²) in [5.41, 5.74) is 10.7. The second kappa shape index (κ2) is 6.13. The van der Waals surface area contributed by atoms with Gasteiger partial charge in [0.1, 0.15) is 0 Å². The predicted octanol–water partition coefficient (Wildman–Crippen LogP) is 2.84. The minimum absolute atomic E-state index is 0.645. The molecule has 0 saturated carbocycles. The van der Waals surface area contributed by atoms with Gasteiger partial charge in [0, 0.05) is 30.1 Å². The molecule has 0 aliphatic carbocycles. The monoisotopic (exact) mass is 303 g/mol. The number of rotatable bonds is 3. The summed E-state index contributed by atoms with van der Waals surface area (Å²) in [6, 6.07) is 6.49. The van der Waals surface area contributed by atoms with E-state index in [1.165, 1.54) is 16.0 Å². The standard InChI is InChI=1S/C16H21N3OS/c1-11-3-4-13(9-12(11)2)15-14(21-16(17)18-15)10-19-5-7-20-8-6-19/h3-4,9H,5-8,10H2,1-2H3,(H2,17,18). The fourth-order valence-corrected chi connectivity index (χ4v) is 3.45. The zero-order valence-corrected chi connectivity index (χ0v) is 13.4. The predicted molar refractivity (Wildman–Crippen MR) is 87.5 cm³/mol. The number of ether oxygens (including phenoxy) is 1. The molecule has 1 aromatic heterocycles. The van der Waals surface area contributed by atoms with Gasteiger partial charge in [0.05, 0.1) is 18.9 Å². The molecule has 2 heterocycles. The van der Waals surface area contributed by atoms with Crippen molar-refractivity contribution >= 4 is 16.5 Å². The lowest BCUT2D eigenvalue weighted by molar-refractivity contribution is 0.0347. The number of morpholine rings is 1. The van der Waals surface area contributed by atoms with Gasteiger partial charge in [-0.25, -0.2) is 4.98 Å². The van der Waals surface area contributed by atoms with E-state index in [0.717, 1.165) is 44.1 Å². The molecule has 0 bridgehead atoms. The average molecular weight is 303 g/mol. The Labute approximate surface area is 129 Å². The second-order valence-corrected chi connectivity index (χ2v) is 6.63. The van der Waals surface area contributed by atoms with Crippen LogP contribution in [0.1, 0.15) is 16.0 Å². The highest BCUT2D eigenvalue weighted by Gasteiger charge is 2.17. The number of nitrogen functional groups attached to an aromatic ring is 1. The summed E-state index contributed by atoms with van der Waals surface area (Å²) in [5, 5.41) is 0.645. The summed E-state index contributed by atoms with van der Waals surface area (Å²) in [7, 11) is 0. The van der Waals surface area contributed by atoms with E-state index in [9.17, 15) is 0 Å². The molecule has 0 spiro atoms. The third-order valence-electron chi connectivity index (χ3n) is 3.97. The first kappa shape index (κ1) is 14.5. The number of hydrogen-bond donors (Lipinski definition) is 1. The number of hydrogen-bond acceptors (Lipinski definition) is 5. The molecule has 1 fully saturated rings. The second-order valence-electron chi connectivity index (χ2n) is 5.51. The van der Waals surface area contributed by atoms with Crippen molar-refractivity contribution in [3.63, 3.8) is 0 Å². The lowest BCUT2D eigenvalue weighted by Gasteiger charge is -2.26. The van der Waals surface area contributed by atoms with Crippen molar-refractivity contribution in [3.05, 3.63) is 34.2 Å². The molecule has 1 aliphatic rings. The lowest BCUT2D eigenvalue weighted by atomic mass is 10.0. The summed E-state index contributed by atoms with van der Waals surface area (Å²) >= 11 is 1.60. The van der Waals surface area contributed by atoms with Crippen LogP contribution in [0.3, 0.4) is 0 Å². The van der Waals surface area contributed by atoms with Crippen molar-refractivity contribution in [1.82, 2.24) is 9.88 Å². The van der Waals surface area contributed by atoms with E-state index in [0.29, 0.717) is 5.13 Å². The fourth-order valence-electron chi connectivity index (χ4n) is 2.55. The zero-order valence-electron chi connectivity index (χ0n) is 12.6. The first-order chi connectivity index (χ1) is 10.1. The third kappa shape index (κ3) is 3.26. The number of nitrogens with zero attached hydrogens (tertiary/aromatic N) is 2. The molecule has 3 rings (SSSR count). The van der Waals surface area contributed by atoms with Gasteiger partial charge in [-0.2, -0.15) is 0 Å². The van der Waals surface area contributed by atoms with Crippen LogP contribution in [0, 0.1) is 13.8 Å². The highest BCUT2D eigenvalue weighted by Crippen LogP contribution is 2.31. The molecule has 112 valence electrons. The molecule has 1 saturated heterocycles. The summed E-state index contributed by atoms with van der Waals surface area (Å²) < 4.78 is 5.41. The van der Waals surface area contributed by atoms with Crippen LogP contribution in [-0.4, -0.2) is 36.2 Å². The summed E-state index contributed by atoms with van der Waals surface area (Å²) in [4.78, 5) is 8.21. The molecule has 21 heavy (non-hydrogen) atoms. The number of aromatic nitrogens is 1. The molecule has 0 unspecified atom stereocenters. The Kier molecular flexibility index (Phi) is 4.24. The topological polar surface area (TPSA) is 51.4 Å². The summed E-state index contributed by atoms with van der Waals surface area (Å²) in [5.74, 6) is 0. The first-order valence-electron chi connectivity index (χ1n) is 7.26. The van der Waals surface area contributed by atoms with Crippen molar-refractivity contribution in [3.8, 4) is 11.3 Å².